The van der Waals surface area contributed by atoms with Crippen LogP contribution >= 0.6 is 0 Å². The summed E-state index contributed by atoms with van der Waals surface area (Å²) in [6.07, 6.45) is 10.6. The van der Waals surface area contributed by atoms with Crippen molar-refractivity contribution in [1.82, 2.24) is 4.98 Å². The summed E-state index contributed by atoms with van der Waals surface area (Å²) in [4.78, 5) is 6.73. The monoisotopic (exact) mass is 242 g/mol. The van der Waals surface area contributed by atoms with Gasteiger partial charge in [0.1, 0.15) is 5.82 Å². The molecule has 0 unspecified atom stereocenters. The molecule has 0 spiro atoms. The smallest absolute Gasteiger partial charge is 0.144 e. The minimum Gasteiger partial charge on any atom is -0.371 e. The van der Waals surface area contributed by atoms with Gasteiger partial charge in [-0.2, -0.15) is 0 Å². The molecule has 18 heavy (non-hydrogen) atoms. The Hall–Kier alpha value is -1.53. The van der Waals surface area contributed by atoms with Gasteiger partial charge in [-0.3, -0.25) is 0 Å². The highest BCUT2D eigenvalue weighted by molar-refractivity contribution is 5.55. The summed E-state index contributed by atoms with van der Waals surface area (Å²) in [6.45, 7) is 3.91. The largest absolute Gasteiger partial charge is 0.371 e. The van der Waals surface area contributed by atoms with Crippen molar-refractivity contribution in [1.29, 1.82) is 0 Å². The molecule has 0 radical (unpaired) electrons. The van der Waals surface area contributed by atoms with E-state index >= 15 is 0 Å². The minimum atomic E-state index is 0.247. The van der Waals surface area contributed by atoms with Gasteiger partial charge in [0.2, 0.25) is 0 Å². The summed E-state index contributed by atoms with van der Waals surface area (Å²) in [5.74, 6) is 4.40. The van der Waals surface area contributed by atoms with E-state index in [0.29, 0.717) is 6.10 Å². The van der Waals surface area contributed by atoms with Crippen LogP contribution in [0.3, 0.4) is 0 Å². The molecule has 3 heteroatoms. The summed E-state index contributed by atoms with van der Waals surface area (Å²) in [6, 6.07) is 3.84. The van der Waals surface area contributed by atoms with Crippen LogP contribution < -0.4 is 4.90 Å². The first-order chi connectivity index (χ1) is 8.78. The van der Waals surface area contributed by atoms with Gasteiger partial charge in [0, 0.05) is 19.3 Å². The predicted octanol–water partition coefficient (Wildman–Crippen LogP) is 2.07. The third-order valence-corrected chi connectivity index (χ3v) is 3.67. The van der Waals surface area contributed by atoms with E-state index in [-0.39, 0.29) is 6.10 Å². The number of aromatic nitrogens is 1. The van der Waals surface area contributed by atoms with Gasteiger partial charge < -0.3 is 9.64 Å². The van der Waals surface area contributed by atoms with Crippen molar-refractivity contribution < 1.29 is 4.74 Å². The van der Waals surface area contributed by atoms with E-state index in [0.717, 1.165) is 30.4 Å². The van der Waals surface area contributed by atoms with Crippen molar-refractivity contribution in [2.75, 3.05) is 18.0 Å². The van der Waals surface area contributed by atoms with Crippen LogP contribution in [0.5, 0.6) is 0 Å². The summed E-state index contributed by atoms with van der Waals surface area (Å²) in [5, 5.41) is 0. The number of ether oxygens (including phenoxy) is 1. The zero-order chi connectivity index (χ0) is 12.5. The first-order valence-electron chi connectivity index (χ1n) is 6.60. The average Bonchev–Trinajstić information content (AvgIpc) is 3.22. The van der Waals surface area contributed by atoms with E-state index in [4.69, 9.17) is 11.2 Å². The molecule has 1 saturated carbocycles. The lowest BCUT2D eigenvalue weighted by atomic mass is 10.1. The fourth-order valence-electron chi connectivity index (χ4n) is 2.65. The van der Waals surface area contributed by atoms with E-state index in [1.54, 1.807) is 0 Å². The van der Waals surface area contributed by atoms with E-state index in [2.05, 4.69) is 22.7 Å². The molecule has 0 N–H and O–H groups in total. The third kappa shape index (κ3) is 2.21. The summed E-state index contributed by atoms with van der Waals surface area (Å²) in [7, 11) is 0. The van der Waals surface area contributed by atoms with Gasteiger partial charge >= 0.3 is 0 Å². The molecule has 1 aliphatic heterocycles. The Kier molecular flexibility index (Phi) is 2.97. The third-order valence-electron chi connectivity index (χ3n) is 3.67. The lowest BCUT2D eigenvalue weighted by Gasteiger charge is -2.38. The van der Waals surface area contributed by atoms with Crippen LogP contribution in [-0.4, -0.2) is 30.3 Å². The molecular weight excluding hydrogens is 224 g/mol. The molecule has 94 valence electrons. The Morgan fingerprint density at radius 3 is 3.00 bits per heavy atom. The molecular formula is C15H18N2O. The average molecular weight is 242 g/mol. The Bertz CT molecular complexity index is 476. The number of hydrogen-bond donors (Lipinski definition) is 0. The summed E-state index contributed by atoms with van der Waals surface area (Å²) < 4.78 is 6.01. The van der Waals surface area contributed by atoms with Gasteiger partial charge in [-0.05, 0) is 37.8 Å². The lowest BCUT2D eigenvalue weighted by Crippen LogP contribution is -2.48. The van der Waals surface area contributed by atoms with Crippen LogP contribution in [0.1, 0.15) is 25.3 Å². The van der Waals surface area contributed by atoms with Gasteiger partial charge in [0.05, 0.1) is 17.8 Å². The zero-order valence-electron chi connectivity index (χ0n) is 10.7. The number of rotatable bonds is 2. The normalized spacial score (nSPS) is 27.9. The van der Waals surface area contributed by atoms with Crippen LogP contribution in [0.15, 0.2) is 18.3 Å². The molecule has 2 heterocycles. The Morgan fingerprint density at radius 2 is 2.28 bits per heavy atom. The quantitative estimate of drug-likeness (QED) is 0.742. The standard InChI is InChI=1S/C15H18N2O/c1-3-12-5-4-8-16-15(12)17-9-11(2)18-14(10-17)13-6-7-13/h1,4-5,8,11,13-14H,6-7,9-10H2,2H3/t11-,14+/m1/s1. The fraction of sp³-hybridized carbons (Fsp3) is 0.533. The van der Waals surface area contributed by atoms with Crippen LogP contribution in [0.2, 0.25) is 0 Å². The zero-order valence-corrected chi connectivity index (χ0v) is 10.7. The van der Waals surface area contributed by atoms with Gasteiger partial charge in [0.15, 0.2) is 0 Å². The first-order valence-corrected chi connectivity index (χ1v) is 6.60. The van der Waals surface area contributed by atoms with Crippen LogP contribution in [-0.2, 0) is 4.74 Å². The molecule has 0 amide bonds. The number of terminal acetylenes is 1. The second-order valence-electron chi connectivity index (χ2n) is 5.25. The van der Waals surface area contributed by atoms with Crippen molar-refractivity contribution in [3.63, 3.8) is 0 Å². The van der Waals surface area contributed by atoms with Crippen LogP contribution in [0.4, 0.5) is 5.82 Å². The molecule has 3 nitrogen and oxygen atoms in total. The number of anilines is 1. The maximum Gasteiger partial charge on any atom is 0.144 e. The molecule has 2 aliphatic rings. The summed E-state index contributed by atoms with van der Waals surface area (Å²) in [5.41, 5.74) is 0.876. The molecule has 2 fully saturated rings. The molecule has 3 rings (SSSR count). The van der Waals surface area contributed by atoms with Crippen molar-refractivity contribution >= 4 is 5.82 Å². The second-order valence-corrected chi connectivity index (χ2v) is 5.25. The lowest BCUT2D eigenvalue weighted by molar-refractivity contribution is -0.0273. The number of pyridine rings is 1. The van der Waals surface area contributed by atoms with E-state index in [9.17, 15) is 0 Å². The number of hydrogen-bond acceptors (Lipinski definition) is 3. The molecule has 1 aromatic rings. The number of morpholine rings is 1. The highest BCUT2D eigenvalue weighted by Gasteiger charge is 2.37. The topological polar surface area (TPSA) is 25.4 Å². The van der Waals surface area contributed by atoms with Gasteiger partial charge in [-0.25, -0.2) is 4.98 Å². The second kappa shape index (κ2) is 4.62. The maximum atomic E-state index is 6.01. The highest BCUT2D eigenvalue weighted by atomic mass is 16.5. The Morgan fingerprint density at radius 1 is 1.44 bits per heavy atom. The van der Waals surface area contributed by atoms with Gasteiger partial charge in [-0.15, -0.1) is 6.42 Å². The molecule has 1 aromatic heterocycles. The van der Waals surface area contributed by atoms with Crippen molar-refractivity contribution in [2.24, 2.45) is 5.92 Å². The number of nitrogens with zero attached hydrogens (tertiary/aromatic N) is 2. The van der Waals surface area contributed by atoms with Crippen molar-refractivity contribution in [3.05, 3.63) is 23.9 Å². The highest BCUT2D eigenvalue weighted by Crippen LogP contribution is 2.37. The first kappa shape index (κ1) is 11.6. The van der Waals surface area contributed by atoms with Crippen molar-refractivity contribution in [3.8, 4) is 12.3 Å². The van der Waals surface area contributed by atoms with E-state index < -0.39 is 0 Å². The van der Waals surface area contributed by atoms with Crippen molar-refractivity contribution in [2.45, 2.75) is 32.0 Å². The fourth-order valence-corrected chi connectivity index (χ4v) is 2.65. The molecule has 2 atom stereocenters. The van der Waals surface area contributed by atoms with E-state index in [1.807, 2.05) is 18.3 Å². The van der Waals surface area contributed by atoms with Gasteiger partial charge in [0.25, 0.3) is 0 Å². The van der Waals surface area contributed by atoms with Crippen LogP contribution in [0, 0.1) is 18.3 Å². The molecule has 1 saturated heterocycles. The SMILES string of the molecule is C#Cc1cccnc1N1C[C@@H](C)O[C@H](C2CC2)C1. The Labute approximate surface area is 108 Å². The molecule has 0 aromatic carbocycles. The van der Waals surface area contributed by atoms with Crippen LogP contribution in [0.25, 0.3) is 0 Å². The summed E-state index contributed by atoms with van der Waals surface area (Å²) >= 11 is 0. The Balaban J connectivity index is 1.84. The maximum absolute atomic E-state index is 6.01. The van der Waals surface area contributed by atoms with Gasteiger partial charge in [-0.1, -0.05) is 5.92 Å². The van der Waals surface area contributed by atoms with E-state index in [1.165, 1.54) is 12.8 Å². The molecule has 1 aliphatic carbocycles. The minimum absolute atomic E-state index is 0.247. The molecule has 0 bridgehead atoms. The predicted molar refractivity (Wildman–Crippen MR) is 71.4 cm³/mol.